The van der Waals surface area contributed by atoms with Gasteiger partial charge >= 0.3 is 0 Å². The van der Waals surface area contributed by atoms with E-state index in [1.807, 2.05) is 36.4 Å². The maximum Gasteiger partial charge on any atom is 0.0544 e. The van der Waals surface area contributed by atoms with Crippen LogP contribution >= 0.6 is 23.2 Å². The third kappa shape index (κ3) is 3.08. The summed E-state index contributed by atoms with van der Waals surface area (Å²) in [5, 5.41) is 1.53. The van der Waals surface area contributed by atoms with Gasteiger partial charge < -0.3 is 9.80 Å². The molecule has 22 heavy (non-hydrogen) atoms. The van der Waals surface area contributed by atoms with Gasteiger partial charge in [0, 0.05) is 47.6 Å². The molecule has 1 aliphatic carbocycles. The maximum atomic E-state index is 5.94. The predicted molar refractivity (Wildman–Crippen MR) is 96.2 cm³/mol. The van der Waals surface area contributed by atoms with E-state index >= 15 is 0 Å². The van der Waals surface area contributed by atoms with Gasteiger partial charge in [0.05, 0.1) is 6.04 Å². The predicted octanol–water partition coefficient (Wildman–Crippen LogP) is 5.22. The number of hydrogen-bond donors (Lipinski definition) is 0. The molecule has 0 saturated heterocycles. The summed E-state index contributed by atoms with van der Waals surface area (Å²) in [4.78, 5) is 4.48. The molecule has 0 spiro atoms. The van der Waals surface area contributed by atoms with Gasteiger partial charge in [-0.05, 0) is 54.6 Å². The van der Waals surface area contributed by atoms with E-state index in [0.29, 0.717) is 6.04 Å². The highest BCUT2D eigenvalue weighted by Crippen LogP contribution is 2.32. The summed E-state index contributed by atoms with van der Waals surface area (Å²) < 4.78 is 0. The van der Waals surface area contributed by atoms with Crippen molar-refractivity contribution in [3.8, 4) is 0 Å². The average molecular weight is 333 g/mol. The van der Waals surface area contributed by atoms with E-state index in [4.69, 9.17) is 23.2 Å². The van der Waals surface area contributed by atoms with Gasteiger partial charge in [0.2, 0.25) is 0 Å². The molecule has 4 heteroatoms. The number of anilines is 2. The molecule has 0 fully saturated rings. The molecule has 114 valence electrons. The number of halogens is 2. The second-order valence-electron chi connectivity index (χ2n) is 5.55. The van der Waals surface area contributed by atoms with Gasteiger partial charge in [0.1, 0.15) is 0 Å². The van der Waals surface area contributed by atoms with Crippen LogP contribution in [0.25, 0.3) is 0 Å². The van der Waals surface area contributed by atoms with Crippen molar-refractivity contribution in [3.05, 3.63) is 70.3 Å². The third-order valence-corrected chi connectivity index (χ3v) is 4.68. The number of rotatable bonds is 4. The lowest BCUT2D eigenvalue weighted by molar-refractivity contribution is 0.654. The molecule has 2 nitrogen and oxygen atoms in total. The molecular formula is C18H18Cl2N2. The van der Waals surface area contributed by atoms with Crippen molar-refractivity contribution in [1.29, 1.82) is 0 Å². The van der Waals surface area contributed by atoms with Crippen molar-refractivity contribution in [2.45, 2.75) is 12.5 Å². The van der Waals surface area contributed by atoms with E-state index in [-0.39, 0.29) is 0 Å². The van der Waals surface area contributed by atoms with E-state index in [0.717, 1.165) is 22.2 Å². The Morgan fingerprint density at radius 2 is 1.27 bits per heavy atom. The fourth-order valence-corrected chi connectivity index (χ4v) is 2.85. The van der Waals surface area contributed by atoms with Gasteiger partial charge in [-0.25, -0.2) is 0 Å². The summed E-state index contributed by atoms with van der Waals surface area (Å²) >= 11 is 11.9. The highest BCUT2D eigenvalue weighted by atomic mass is 35.5. The van der Waals surface area contributed by atoms with E-state index in [9.17, 15) is 0 Å². The molecule has 0 N–H and O–H groups in total. The molecule has 2 aromatic carbocycles. The van der Waals surface area contributed by atoms with Crippen LogP contribution in [-0.2, 0) is 0 Å². The van der Waals surface area contributed by atoms with Gasteiger partial charge in [0.15, 0.2) is 0 Å². The second-order valence-corrected chi connectivity index (χ2v) is 6.43. The summed E-state index contributed by atoms with van der Waals surface area (Å²) in [5.74, 6) is 0. The Hall–Kier alpha value is -1.64. The largest absolute Gasteiger partial charge is 0.368 e. The van der Waals surface area contributed by atoms with Gasteiger partial charge in [-0.2, -0.15) is 0 Å². The molecule has 0 radical (unpaired) electrons. The quantitative estimate of drug-likeness (QED) is 0.757. The molecule has 3 rings (SSSR count). The van der Waals surface area contributed by atoms with E-state index in [1.54, 1.807) is 0 Å². The lowest BCUT2D eigenvalue weighted by Crippen LogP contribution is -2.39. The Morgan fingerprint density at radius 3 is 1.77 bits per heavy atom. The first-order valence-corrected chi connectivity index (χ1v) is 7.98. The van der Waals surface area contributed by atoms with Crippen LogP contribution in [-0.4, -0.2) is 20.1 Å². The zero-order chi connectivity index (χ0) is 15.7. The first-order valence-electron chi connectivity index (χ1n) is 7.23. The Labute approximate surface area is 141 Å². The summed E-state index contributed by atoms with van der Waals surface area (Å²) in [6.07, 6.45) is 3.32. The third-order valence-electron chi connectivity index (χ3n) is 4.18. The van der Waals surface area contributed by atoms with Gasteiger partial charge in [-0.3, -0.25) is 0 Å². The van der Waals surface area contributed by atoms with Crippen LogP contribution in [0.2, 0.25) is 10.0 Å². The molecule has 0 saturated carbocycles. The number of nitrogens with zero attached hydrogens (tertiary/aromatic N) is 2. The zero-order valence-corrected chi connectivity index (χ0v) is 14.1. The lowest BCUT2D eigenvalue weighted by Gasteiger charge is -2.39. The minimum absolute atomic E-state index is 0.422. The number of benzene rings is 2. The van der Waals surface area contributed by atoms with Crippen molar-refractivity contribution in [1.82, 2.24) is 0 Å². The van der Waals surface area contributed by atoms with Crippen LogP contribution in [0.1, 0.15) is 6.42 Å². The van der Waals surface area contributed by atoms with Crippen molar-refractivity contribution in [2.75, 3.05) is 23.9 Å². The topological polar surface area (TPSA) is 6.48 Å². The summed E-state index contributed by atoms with van der Waals surface area (Å²) in [5.41, 5.74) is 3.66. The molecule has 0 aliphatic heterocycles. The Bertz CT molecular complexity index is 677. The van der Waals surface area contributed by atoms with Crippen LogP contribution < -0.4 is 9.80 Å². The molecule has 1 unspecified atom stereocenters. The Balaban J connectivity index is 1.68. The van der Waals surface area contributed by atoms with Crippen molar-refractivity contribution in [3.63, 3.8) is 0 Å². The van der Waals surface area contributed by atoms with E-state index < -0.39 is 0 Å². The van der Waals surface area contributed by atoms with Gasteiger partial charge in [-0.1, -0.05) is 23.2 Å². The minimum Gasteiger partial charge on any atom is -0.368 e. The van der Waals surface area contributed by atoms with Crippen molar-refractivity contribution in [2.24, 2.45) is 0 Å². The van der Waals surface area contributed by atoms with Crippen molar-refractivity contribution < 1.29 is 0 Å². The zero-order valence-electron chi connectivity index (χ0n) is 12.6. The molecule has 2 aromatic rings. The molecular weight excluding hydrogens is 315 g/mol. The second kappa shape index (κ2) is 6.23. The average Bonchev–Trinajstić information content (AvgIpc) is 2.47. The fraction of sp³-hybridized carbons (Fsp3) is 0.222. The van der Waals surface area contributed by atoms with Gasteiger partial charge in [0.25, 0.3) is 0 Å². The van der Waals surface area contributed by atoms with Crippen molar-refractivity contribution >= 4 is 34.6 Å². The molecule has 0 aromatic heterocycles. The minimum atomic E-state index is 0.422. The standard InChI is InChI=1S/C18H18Cl2N2/c1-21(15-7-3-13(19)4-8-15)17-11-18(12-17)22(2)16-9-5-14(20)6-10-16/h3-11,17H,12H2,1-2H3. The smallest absolute Gasteiger partial charge is 0.0544 e. The summed E-state index contributed by atoms with van der Waals surface area (Å²) in [7, 11) is 4.21. The first kappa shape index (κ1) is 15.3. The monoisotopic (exact) mass is 332 g/mol. The van der Waals surface area contributed by atoms with Crippen LogP contribution in [0.5, 0.6) is 0 Å². The molecule has 0 amide bonds. The highest BCUT2D eigenvalue weighted by molar-refractivity contribution is 6.30. The number of hydrogen-bond acceptors (Lipinski definition) is 2. The molecule has 1 atom stereocenters. The lowest BCUT2D eigenvalue weighted by atomic mass is 9.96. The van der Waals surface area contributed by atoms with Crippen LogP contribution in [0.3, 0.4) is 0 Å². The van der Waals surface area contributed by atoms with Crippen LogP contribution in [0.15, 0.2) is 60.3 Å². The Morgan fingerprint density at radius 1 is 0.818 bits per heavy atom. The first-order chi connectivity index (χ1) is 10.5. The van der Waals surface area contributed by atoms with Crippen LogP contribution in [0.4, 0.5) is 11.4 Å². The highest BCUT2D eigenvalue weighted by Gasteiger charge is 2.26. The fourth-order valence-electron chi connectivity index (χ4n) is 2.60. The molecule has 0 bridgehead atoms. The molecule has 0 heterocycles. The SMILES string of the molecule is CN(C1=CC(N(C)c2ccc(Cl)cc2)C1)c1ccc(Cl)cc1. The van der Waals surface area contributed by atoms with Crippen LogP contribution in [0, 0.1) is 0 Å². The normalized spacial score (nSPS) is 16.7. The number of likely N-dealkylation sites (N-methyl/N-ethyl adjacent to an activating group) is 1. The summed E-state index contributed by atoms with van der Waals surface area (Å²) in [6.45, 7) is 0. The maximum absolute atomic E-state index is 5.94. The van der Waals surface area contributed by atoms with E-state index in [1.165, 1.54) is 11.4 Å². The van der Waals surface area contributed by atoms with Gasteiger partial charge in [-0.15, -0.1) is 0 Å². The van der Waals surface area contributed by atoms with E-state index in [2.05, 4.69) is 42.1 Å². The Kier molecular flexibility index (Phi) is 4.32. The summed E-state index contributed by atoms with van der Waals surface area (Å²) in [6, 6.07) is 16.3. The molecule has 1 aliphatic rings.